The van der Waals surface area contributed by atoms with E-state index < -0.39 is 0 Å². The molecule has 0 aliphatic carbocycles. The van der Waals surface area contributed by atoms with Crippen LogP contribution in [0.2, 0.25) is 0 Å². The summed E-state index contributed by atoms with van der Waals surface area (Å²) in [5, 5.41) is 42.3. The van der Waals surface area contributed by atoms with Gasteiger partial charge in [0.1, 0.15) is 23.3 Å². The second-order valence-corrected chi connectivity index (χ2v) is 15.4. The SMILES string of the molecule is N#Cc1ccc(-c2c(-n3c4ccccc4c4ccccc43)c(C#N)c(-n3c4ccccc4c4ccc5ccccc5c43)c(C#N)c2-n2c3ccccc3c3ccccc32)cc1. The molecule has 12 aromatic rings. The Morgan fingerprint density at radius 3 is 1.15 bits per heavy atom. The van der Waals surface area contributed by atoms with Crippen LogP contribution in [0, 0.1) is 34.0 Å². The lowest BCUT2D eigenvalue weighted by atomic mass is 9.91. The van der Waals surface area contributed by atoms with E-state index in [2.05, 4.69) is 117 Å². The summed E-state index contributed by atoms with van der Waals surface area (Å²) in [6.45, 7) is 0. The first kappa shape index (κ1) is 34.2. The molecule has 280 valence electrons. The van der Waals surface area contributed by atoms with Crippen LogP contribution in [0.4, 0.5) is 0 Å². The zero-order valence-electron chi connectivity index (χ0n) is 32.5. The van der Waals surface area contributed by atoms with Crippen LogP contribution in [-0.4, -0.2) is 13.7 Å². The Bertz CT molecular complexity index is 3710. The zero-order chi connectivity index (χ0) is 40.8. The minimum absolute atomic E-state index is 0.350. The number of nitriles is 3. The topological polar surface area (TPSA) is 86.2 Å². The first-order valence-electron chi connectivity index (χ1n) is 20.1. The standard InChI is InChI=1S/C55H30N6/c56-31-34-25-27-36(28-26-34)51-54(59-46-20-8-3-15-38(46)39-16-4-9-21-47(39)59)44(32-57)53(45(33-58)55(51)60-48-22-10-5-17-40(48)41-18-6-11-23-49(41)60)61-50-24-12-7-19-42(50)43-30-29-35-13-1-2-14-37(35)52(43)61/h1-30H. The van der Waals surface area contributed by atoms with Gasteiger partial charge in [0.2, 0.25) is 0 Å². The average molecular weight is 775 g/mol. The monoisotopic (exact) mass is 774 g/mol. The summed E-state index contributed by atoms with van der Waals surface area (Å²) in [5.41, 5.74) is 9.94. The molecule has 61 heavy (non-hydrogen) atoms. The highest BCUT2D eigenvalue weighted by molar-refractivity contribution is 6.20. The number of nitrogens with zero attached hydrogens (tertiary/aromatic N) is 6. The Kier molecular flexibility index (Phi) is 7.32. The lowest BCUT2D eigenvalue weighted by Crippen LogP contribution is -2.14. The van der Waals surface area contributed by atoms with Crippen LogP contribution in [0.1, 0.15) is 16.7 Å². The summed E-state index contributed by atoms with van der Waals surface area (Å²) in [4.78, 5) is 0. The van der Waals surface area contributed by atoms with Gasteiger partial charge < -0.3 is 13.7 Å². The summed E-state index contributed by atoms with van der Waals surface area (Å²) in [7, 11) is 0. The van der Waals surface area contributed by atoms with E-state index in [1.807, 2.05) is 97.1 Å². The number of para-hydroxylation sites is 5. The molecule has 6 nitrogen and oxygen atoms in total. The second-order valence-electron chi connectivity index (χ2n) is 15.4. The maximum Gasteiger partial charge on any atom is 0.104 e. The molecule has 12 rings (SSSR count). The fraction of sp³-hybridized carbons (Fsp3) is 0. The fourth-order valence-electron chi connectivity index (χ4n) is 9.87. The van der Waals surface area contributed by atoms with Crippen molar-refractivity contribution in [2.45, 2.75) is 0 Å². The van der Waals surface area contributed by atoms with Crippen molar-refractivity contribution in [2.24, 2.45) is 0 Å². The van der Waals surface area contributed by atoms with E-state index in [1.54, 1.807) is 0 Å². The third kappa shape index (κ3) is 4.69. The molecular weight excluding hydrogens is 745 g/mol. The number of rotatable bonds is 4. The molecule has 0 unspecified atom stereocenters. The maximum atomic E-state index is 12.0. The molecular formula is C55H30N6. The van der Waals surface area contributed by atoms with Gasteiger partial charge in [0.15, 0.2) is 0 Å². The van der Waals surface area contributed by atoms with Crippen LogP contribution >= 0.6 is 0 Å². The molecule has 0 fully saturated rings. The predicted molar refractivity (Wildman–Crippen MR) is 247 cm³/mol. The Hall–Kier alpha value is -8.89. The van der Waals surface area contributed by atoms with Gasteiger partial charge in [-0.2, -0.15) is 15.8 Å². The molecule has 9 aromatic carbocycles. The number of benzene rings is 9. The third-order valence-corrected chi connectivity index (χ3v) is 12.3. The largest absolute Gasteiger partial charge is 0.307 e. The van der Waals surface area contributed by atoms with E-state index in [1.165, 1.54) is 0 Å². The molecule has 0 saturated heterocycles. The van der Waals surface area contributed by atoms with E-state index in [9.17, 15) is 15.8 Å². The van der Waals surface area contributed by atoms with E-state index in [4.69, 9.17) is 0 Å². The zero-order valence-corrected chi connectivity index (χ0v) is 32.5. The van der Waals surface area contributed by atoms with Gasteiger partial charge in [0, 0.05) is 43.3 Å². The molecule has 0 aliphatic rings. The molecule has 3 aromatic heterocycles. The minimum atomic E-state index is 0.350. The van der Waals surface area contributed by atoms with Crippen molar-refractivity contribution in [3.05, 3.63) is 199 Å². The van der Waals surface area contributed by atoms with Gasteiger partial charge in [-0.05, 0) is 53.4 Å². The van der Waals surface area contributed by atoms with E-state index in [0.29, 0.717) is 39.3 Å². The number of aromatic nitrogens is 3. The Morgan fingerprint density at radius 2 is 0.705 bits per heavy atom. The number of hydrogen-bond acceptors (Lipinski definition) is 3. The maximum absolute atomic E-state index is 12.0. The van der Waals surface area contributed by atoms with E-state index >= 15 is 0 Å². The average Bonchev–Trinajstić information content (AvgIpc) is 3.96. The molecule has 0 saturated carbocycles. The van der Waals surface area contributed by atoms with Gasteiger partial charge in [-0.3, -0.25) is 0 Å². The highest BCUT2D eigenvalue weighted by Gasteiger charge is 2.33. The van der Waals surface area contributed by atoms with Gasteiger partial charge >= 0.3 is 0 Å². The summed E-state index contributed by atoms with van der Waals surface area (Å²) in [5.74, 6) is 0. The van der Waals surface area contributed by atoms with Crippen LogP contribution in [0.3, 0.4) is 0 Å². The van der Waals surface area contributed by atoms with Crippen molar-refractivity contribution in [2.75, 3.05) is 0 Å². The molecule has 0 radical (unpaired) electrons. The normalized spacial score (nSPS) is 11.6. The third-order valence-electron chi connectivity index (χ3n) is 12.3. The summed E-state index contributed by atoms with van der Waals surface area (Å²) < 4.78 is 6.59. The Labute approximate surface area is 349 Å². The second kappa shape index (κ2) is 13.1. The molecule has 0 bridgehead atoms. The Morgan fingerprint density at radius 1 is 0.311 bits per heavy atom. The number of hydrogen-bond donors (Lipinski definition) is 0. The van der Waals surface area contributed by atoms with E-state index in [-0.39, 0.29) is 0 Å². The molecule has 0 aliphatic heterocycles. The summed E-state index contributed by atoms with van der Waals surface area (Å²) >= 11 is 0. The molecule has 0 spiro atoms. The fourth-order valence-corrected chi connectivity index (χ4v) is 9.87. The molecule has 3 heterocycles. The van der Waals surface area contributed by atoms with Gasteiger partial charge in [0.05, 0.1) is 61.8 Å². The van der Waals surface area contributed by atoms with Crippen LogP contribution in [-0.2, 0) is 0 Å². The van der Waals surface area contributed by atoms with Crippen LogP contribution in [0.5, 0.6) is 0 Å². The van der Waals surface area contributed by atoms with E-state index in [0.717, 1.165) is 81.8 Å². The highest BCUT2D eigenvalue weighted by atomic mass is 15.1. The van der Waals surface area contributed by atoms with Gasteiger partial charge in [-0.15, -0.1) is 0 Å². The lowest BCUT2D eigenvalue weighted by molar-refractivity contribution is 1.08. The van der Waals surface area contributed by atoms with Crippen LogP contribution in [0.25, 0.3) is 104 Å². The van der Waals surface area contributed by atoms with Crippen LogP contribution < -0.4 is 0 Å². The van der Waals surface area contributed by atoms with Gasteiger partial charge in [-0.25, -0.2) is 0 Å². The van der Waals surface area contributed by atoms with Crippen molar-refractivity contribution in [3.8, 4) is 46.4 Å². The molecule has 0 N–H and O–H groups in total. The van der Waals surface area contributed by atoms with Crippen molar-refractivity contribution < 1.29 is 0 Å². The first-order valence-corrected chi connectivity index (χ1v) is 20.1. The summed E-state index contributed by atoms with van der Waals surface area (Å²) in [6, 6.07) is 69.4. The molecule has 0 amide bonds. The van der Waals surface area contributed by atoms with Crippen molar-refractivity contribution in [3.63, 3.8) is 0 Å². The van der Waals surface area contributed by atoms with Crippen molar-refractivity contribution in [1.82, 2.24) is 13.7 Å². The summed E-state index contributed by atoms with van der Waals surface area (Å²) in [6.07, 6.45) is 0. The first-order chi connectivity index (χ1) is 30.2. The quantitative estimate of drug-likeness (QED) is 0.178. The number of fused-ring (bicyclic) bond motifs is 11. The highest BCUT2D eigenvalue weighted by Crippen LogP contribution is 2.49. The predicted octanol–water partition coefficient (Wildman–Crippen LogP) is 13.4. The van der Waals surface area contributed by atoms with Crippen molar-refractivity contribution >= 4 is 76.2 Å². The van der Waals surface area contributed by atoms with Gasteiger partial charge in [0.25, 0.3) is 0 Å². The Balaban J connectivity index is 1.43. The molecule has 0 atom stereocenters. The minimum Gasteiger partial charge on any atom is -0.307 e. The smallest absolute Gasteiger partial charge is 0.104 e. The molecule has 6 heteroatoms. The van der Waals surface area contributed by atoms with Crippen molar-refractivity contribution in [1.29, 1.82) is 15.8 Å². The lowest BCUT2D eigenvalue weighted by Gasteiger charge is -2.26. The van der Waals surface area contributed by atoms with Gasteiger partial charge in [-0.1, -0.05) is 140 Å². The van der Waals surface area contributed by atoms with Crippen LogP contribution in [0.15, 0.2) is 182 Å².